The Balaban J connectivity index is 2.47. The van der Waals surface area contributed by atoms with E-state index in [9.17, 15) is 14.4 Å². The van der Waals surface area contributed by atoms with Crippen molar-refractivity contribution in [2.24, 2.45) is 11.3 Å². The molecule has 0 saturated heterocycles. The first-order valence-corrected chi connectivity index (χ1v) is 7.20. The van der Waals surface area contributed by atoms with Gasteiger partial charge in [-0.15, -0.1) is 0 Å². The first-order chi connectivity index (χ1) is 9.89. The third-order valence-electron chi connectivity index (χ3n) is 4.17. The highest BCUT2D eigenvalue weighted by atomic mass is 16.6. The second-order valence-electron chi connectivity index (χ2n) is 5.38. The molecule has 2 aliphatic carbocycles. The lowest BCUT2D eigenvalue weighted by Crippen LogP contribution is -2.39. The van der Waals surface area contributed by atoms with E-state index in [1.807, 2.05) is 0 Å². The number of Topliss-reactive ketones (excluding diaryl/α,β-unsaturated/α-hetero) is 1. The van der Waals surface area contributed by atoms with Crippen molar-refractivity contribution in [2.75, 3.05) is 13.2 Å². The van der Waals surface area contributed by atoms with E-state index in [-0.39, 0.29) is 31.3 Å². The van der Waals surface area contributed by atoms with E-state index in [2.05, 4.69) is 0 Å². The summed E-state index contributed by atoms with van der Waals surface area (Å²) in [6, 6.07) is 0. The summed E-state index contributed by atoms with van der Waals surface area (Å²) in [7, 11) is 0. The van der Waals surface area contributed by atoms with Crippen molar-refractivity contribution in [1.82, 2.24) is 0 Å². The molecule has 2 rings (SSSR count). The standard InChI is InChI=1S/C16H20O5/c1-5-20-14(18)16(15(19)21-6-2)7-11-9(3)13(17)10(4)12(11)8-16/h7,9H,5-6,8H2,1-4H3. The zero-order valence-electron chi connectivity index (χ0n) is 12.8. The van der Waals surface area contributed by atoms with E-state index in [0.29, 0.717) is 5.57 Å². The van der Waals surface area contributed by atoms with Gasteiger partial charge in [-0.1, -0.05) is 13.0 Å². The number of allylic oxidation sites excluding steroid dienone is 3. The maximum Gasteiger partial charge on any atom is 0.327 e. The summed E-state index contributed by atoms with van der Waals surface area (Å²) in [5.74, 6) is -1.47. The van der Waals surface area contributed by atoms with Crippen LogP contribution in [-0.2, 0) is 23.9 Å². The Morgan fingerprint density at radius 3 is 2.19 bits per heavy atom. The van der Waals surface area contributed by atoms with Gasteiger partial charge in [0.15, 0.2) is 11.2 Å². The number of ketones is 1. The summed E-state index contributed by atoms with van der Waals surface area (Å²) in [5, 5.41) is 0. The number of esters is 2. The third kappa shape index (κ3) is 2.20. The molecule has 0 aliphatic heterocycles. The van der Waals surface area contributed by atoms with E-state index in [1.165, 1.54) is 0 Å². The van der Waals surface area contributed by atoms with Crippen LogP contribution in [0.2, 0.25) is 0 Å². The van der Waals surface area contributed by atoms with Crippen LogP contribution < -0.4 is 0 Å². The van der Waals surface area contributed by atoms with Crippen LogP contribution in [0.25, 0.3) is 0 Å². The molecule has 0 saturated carbocycles. The Morgan fingerprint density at radius 2 is 1.76 bits per heavy atom. The van der Waals surface area contributed by atoms with E-state index in [1.54, 1.807) is 33.8 Å². The molecule has 2 aliphatic rings. The highest BCUT2D eigenvalue weighted by molar-refractivity contribution is 6.09. The van der Waals surface area contributed by atoms with Crippen molar-refractivity contribution < 1.29 is 23.9 Å². The average molecular weight is 292 g/mol. The first-order valence-electron chi connectivity index (χ1n) is 7.20. The smallest absolute Gasteiger partial charge is 0.327 e. The number of carbonyl (C=O) groups excluding carboxylic acids is 3. The van der Waals surface area contributed by atoms with Gasteiger partial charge < -0.3 is 9.47 Å². The average Bonchev–Trinajstić information content (AvgIpc) is 2.94. The quantitative estimate of drug-likeness (QED) is 0.585. The van der Waals surface area contributed by atoms with Crippen molar-refractivity contribution in [3.63, 3.8) is 0 Å². The minimum atomic E-state index is -1.44. The second kappa shape index (κ2) is 5.47. The molecule has 0 aromatic carbocycles. The lowest BCUT2D eigenvalue weighted by Gasteiger charge is -2.23. The van der Waals surface area contributed by atoms with Crippen LogP contribution >= 0.6 is 0 Å². The van der Waals surface area contributed by atoms with E-state index >= 15 is 0 Å². The van der Waals surface area contributed by atoms with Crippen molar-refractivity contribution in [1.29, 1.82) is 0 Å². The van der Waals surface area contributed by atoms with Gasteiger partial charge in [0, 0.05) is 12.3 Å². The van der Waals surface area contributed by atoms with Crippen LogP contribution in [0.5, 0.6) is 0 Å². The van der Waals surface area contributed by atoms with Crippen LogP contribution in [0.3, 0.4) is 0 Å². The van der Waals surface area contributed by atoms with E-state index in [4.69, 9.17) is 9.47 Å². The Kier molecular flexibility index (Phi) is 4.03. The molecule has 114 valence electrons. The first kappa shape index (κ1) is 15.5. The molecule has 0 fully saturated rings. The molecule has 0 heterocycles. The summed E-state index contributed by atoms with van der Waals surface area (Å²) in [4.78, 5) is 36.7. The predicted octanol–water partition coefficient (Wildman–Crippen LogP) is 1.96. The third-order valence-corrected chi connectivity index (χ3v) is 4.17. The monoisotopic (exact) mass is 292 g/mol. The molecule has 1 unspecified atom stereocenters. The van der Waals surface area contributed by atoms with Crippen molar-refractivity contribution in [3.8, 4) is 0 Å². The zero-order valence-corrected chi connectivity index (χ0v) is 12.8. The van der Waals surface area contributed by atoms with Gasteiger partial charge in [-0.25, -0.2) is 0 Å². The number of fused-ring (bicyclic) bond motifs is 1. The fourth-order valence-electron chi connectivity index (χ4n) is 3.00. The number of carbonyl (C=O) groups is 3. The number of hydrogen-bond acceptors (Lipinski definition) is 5. The number of ether oxygens (including phenoxy) is 2. The van der Waals surface area contributed by atoms with Crippen LogP contribution in [0.1, 0.15) is 34.1 Å². The molecule has 0 amide bonds. The summed E-state index contributed by atoms with van der Waals surface area (Å²) >= 11 is 0. The van der Waals surface area contributed by atoms with Gasteiger partial charge in [-0.3, -0.25) is 14.4 Å². The molecule has 0 bridgehead atoms. The van der Waals surface area contributed by atoms with Crippen LogP contribution in [-0.4, -0.2) is 30.9 Å². The topological polar surface area (TPSA) is 69.7 Å². The highest BCUT2D eigenvalue weighted by Crippen LogP contribution is 2.49. The largest absolute Gasteiger partial charge is 0.465 e. The zero-order chi connectivity index (χ0) is 15.8. The van der Waals surface area contributed by atoms with Crippen LogP contribution in [0.4, 0.5) is 0 Å². The minimum absolute atomic E-state index is 0.0533. The van der Waals surface area contributed by atoms with Gasteiger partial charge in [0.05, 0.1) is 13.2 Å². The van der Waals surface area contributed by atoms with Gasteiger partial charge in [0.25, 0.3) is 0 Å². The lowest BCUT2D eigenvalue weighted by molar-refractivity contribution is -0.167. The maximum absolute atomic E-state index is 12.3. The number of hydrogen-bond donors (Lipinski definition) is 0. The Hall–Kier alpha value is -1.91. The summed E-state index contributed by atoms with van der Waals surface area (Å²) in [6.07, 6.45) is 1.74. The fourth-order valence-corrected chi connectivity index (χ4v) is 3.00. The van der Waals surface area contributed by atoms with Gasteiger partial charge in [-0.2, -0.15) is 0 Å². The summed E-state index contributed by atoms with van der Waals surface area (Å²) in [6.45, 7) is 7.29. The molecule has 0 aromatic heterocycles. The normalized spacial score (nSPS) is 23.0. The van der Waals surface area contributed by atoms with Crippen molar-refractivity contribution in [2.45, 2.75) is 34.1 Å². The van der Waals surface area contributed by atoms with Crippen LogP contribution in [0, 0.1) is 11.3 Å². The predicted molar refractivity (Wildman–Crippen MR) is 75.3 cm³/mol. The molecular formula is C16H20O5. The number of rotatable bonds is 4. The molecule has 5 nitrogen and oxygen atoms in total. The van der Waals surface area contributed by atoms with Gasteiger partial charge >= 0.3 is 11.9 Å². The summed E-state index contributed by atoms with van der Waals surface area (Å²) in [5.41, 5.74) is 0.740. The Labute approximate surface area is 124 Å². The highest BCUT2D eigenvalue weighted by Gasteiger charge is 2.54. The Morgan fingerprint density at radius 1 is 1.24 bits per heavy atom. The summed E-state index contributed by atoms with van der Waals surface area (Å²) < 4.78 is 10.1. The molecular weight excluding hydrogens is 272 g/mol. The van der Waals surface area contributed by atoms with Crippen molar-refractivity contribution in [3.05, 3.63) is 22.8 Å². The Bertz CT molecular complexity index is 549. The molecule has 0 N–H and O–H groups in total. The molecule has 5 heteroatoms. The molecule has 21 heavy (non-hydrogen) atoms. The fraction of sp³-hybridized carbons (Fsp3) is 0.562. The van der Waals surface area contributed by atoms with Gasteiger partial charge in [0.2, 0.25) is 0 Å². The van der Waals surface area contributed by atoms with Crippen LogP contribution in [0.15, 0.2) is 22.8 Å². The van der Waals surface area contributed by atoms with Gasteiger partial charge in [0.1, 0.15) is 0 Å². The lowest BCUT2D eigenvalue weighted by atomic mass is 9.85. The molecule has 1 atom stereocenters. The van der Waals surface area contributed by atoms with E-state index < -0.39 is 17.4 Å². The minimum Gasteiger partial charge on any atom is -0.465 e. The van der Waals surface area contributed by atoms with Crippen molar-refractivity contribution >= 4 is 17.7 Å². The molecule has 0 radical (unpaired) electrons. The van der Waals surface area contributed by atoms with E-state index in [0.717, 1.165) is 11.1 Å². The SMILES string of the molecule is CCOC(=O)C1(C(=O)OCC)C=C2C(=C(C)C(=O)C2C)C1. The molecule has 0 aromatic rings. The second-order valence-corrected chi connectivity index (χ2v) is 5.38. The maximum atomic E-state index is 12.3. The van der Waals surface area contributed by atoms with Gasteiger partial charge in [-0.05, 0) is 37.5 Å². The molecule has 0 spiro atoms.